The Kier molecular flexibility index (Phi) is 6.73. The van der Waals surface area contributed by atoms with Crippen molar-refractivity contribution in [1.82, 2.24) is 0 Å². The number of amides is 1. The van der Waals surface area contributed by atoms with Gasteiger partial charge in [0.1, 0.15) is 5.82 Å². The molecule has 0 unspecified atom stereocenters. The van der Waals surface area contributed by atoms with E-state index in [1.54, 1.807) is 18.2 Å². The number of rotatable bonds is 2. The number of fused-ring (bicyclic) bond motifs is 1. The maximum Gasteiger partial charge on any atom is 0.290 e. The van der Waals surface area contributed by atoms with Crippen molar-refractivity contribution in [3.05, 3.63) is 58.2 Å². The lowest BCUT2D eigenvalue weighted by Gasteiger charge is -2.04. The zero-order chi connectivity index (χ0) is 21.1. The summed E-state index contributed by atoms with van der Waals surface area (Å²) < 4.78 is 40.1. The normalized spacial score (nSPS) is 10.9. The lowest BCUT2D eigenvalue weighted by atomic mass is 10.0. The Morgan fingerprint density at radius 3 is 2.43 bits per heavy atom. The topological polar surface area (TPSA) is 136 Å². The van der Waals surface area contributed by atoms with Gasteiger partial charge in [0.05, 0.1) is 16.2 Å². The highest BCUT2D eigenvalue weighted by Crippen LogP contribution is 2.35. The van der Waals surface area contributed by atoms with Crippen LogP contribution >= 0.6 is 22.9 Å². The van der Waals surface area contributed by atoms with E-state index in [9.17, 15) is 17.6 Å². The summed E-state index contributed by atoms with van der Waals surface area (Å²) in [6.07, 6.45) is 0.715. The van der Waals surface area contributed by atoms with Crippen LogP contribution in [-0.4, -0.2) is 31.1 Å². The maximum absolute atomic E-state index is 13.3. The molecule has 0 atom stereocenters. The molecule has 0 aliphatic carbocycles. The molecule has 0 bridgehead atoms. The van der Waals surface area contributed by atoms with Crippen LogP contribution in [0.5, 0.6) is 0 Å². The van der Waals surface area contributed by atoms with Gasteiger partial charge >= 0.3 is 0 Å². The highest BCUT2D eigenvalue weighted by atomic mass is 35.5. The predicted molar refractivity (Wildman–Crippen MR) is 110 cm³/mol. The second-order valence-electron chi connectivity index (χ2n) is 5.53. The first kappa shape index (κ1) is 21.8. The van der Waals surface area contributed by atoms with Gasteiger partial charge in [0, 0.05) is 10.1 Å². The Morgan fingerprint density at radius 1 is 1.21 bits per heavy atom. The van der Waals surface area contributed by atoms with E-state index >= 15 is 0 Å². The minimum Gasteiger partial charge on any atom is -0.370 e. The predicted octanol–water partition coefficient (Wildman–Crippen LogP) is 3.28. The van der Waals surface area contributed by atoms with Gasteiger partial charge in [-0.15, -0.1) is 11.3 Å². The van der Waals surface area contributed by atoms with Gasteiger partial charge in [-0.1, -0.05) is 29.8 Å². The summed E-state index contributed by atoms with van der Waals surface area (Å²) in [6.45, 7) is 0. The van der Waals surface area contributed by atoms with Gasteiger partial charge in [-0.25, -0.2) is 4.39 Å². The van der Waals surface area contributed by atoms with Crippen LogP contribution in [0.4, 0.5) is 4.39 Å². The molecule has 1 heterocycles. The van der Waals surface area contributed by atoms with Crippen LogP contribution in [0.25, 0.3) is 21.2 Å². The summed E-state index contributed by atoms with van der Waals surface area (Å²) in [6, 6.07) is 11.9. The molecular formula is C17H15ClFN3O4S2. The molecule has 1 amide bonds. The second-order valence-corrected chi connectivity index (χ2v) is 8.49. The third kappa shape index (κ3) is 5.99. The van der Waals surface area contributed by atoms with Crippen molar-refractivity contribution >= 4 is 55.0 Å². The highest BCUT2D eigenvalue weighted by molar-refractivity contribution is 7.85. The molecule has 2 aromatic carbocycles. The van der Waals surface area contributed by atoms with Crippen molar-refractivity contribution in [2.75, 3.05) is 6.26 Å². The summed E-state index contributed by atoms with van der Waals surface area (Å²) in [7, 11) is -3.67. The smallest absolute Gasteiger partial charge is 0.290 e. The lowest BCUT2D eigenvalue weighted by molar-refractivity contribution is 0.101. The lowest BCUT2D eigenvalue weighted by Crippen LogP contribution is -2.24. The van der Waals surface area contributed by atoms with Crippen molar-refractivity contribution in [2.24, 2.45) is 16.5 Å². The van der Waals surface area contributed by atoms with Gasteiger partial charge in [0.25, 0.3) is 16.0 Å². The molecule has 5 N–H and O–H groups in total. The number of carbonyl (C=O) groups is 1. The Bertz CT molecular complexity index is 1160. The van der Waals surface area contributed by atoms with Gasteiger partial charge in [-0.3, -0.25) is 9.35 Å². The van der Waals surface area contributed by atoms with E-state index in [1.807, 2.05) is 18.2 Å². The molecule has 0 radical (unpaired) electrons. The molecule has 11 heteroatoms. The minimum atomic E-state index is -3.67. The number of carbonyl (C=O) groups excluding carboxylic acids is 1. The number of nitrogens with zero attached hydrogens (tertiary/aromatic N) is 1. The molecule has 0 aliphatic rings. The fourth-order valence-electron chi connectivity index (χ4n) is 2.25. The van der Waals surface area contributed by atoms with Crippen LogP contribution in [0.3, 0.4) is 0 Å². The van der Waals surface area contributed by atoms with Crippen LogP contribution in [0.1, 0.15) is 9.67 Å². The first-order valence-corrected chi connectivity index (χ1v) is 10.5. The van der Waals surface area contributed by atoms with Crippen LogP contribution in [0.15, 0.2) is 47.5 Å². The monoisotopic (exact) mass is 443 g/mol. The summed E-state index contributed by atoms with van der Waals surface area (Å²) in [4.78, 5) is 15.9. The Hall–Kier alpha value is -2.53. The Balaban J connectivity index is 0.000000500. The number of benzene rings is 2. The number of aliphatic imine (C=N–C) groups is 1. The SMILES string of the molecule is CS(=O)(=O)O.NC(N)=NC(=O)c1cc2c(-c3ccc(F)c(Cl)c3)cccc2s1. The maximum atomic E-state index is 13.3. The summed E-state index contributed by atoms with van der Waals surface area (Å²) in [5, 5.41) is 0.904. The van der Waals surface area contributed by atoms with E-state index < -0.39 is 21.8 Å². The van der Waals surface area contributed by atoms with E-state index in [4.69, 9.17) is 27.6 Å². The standard InChI is InChI=1S/C16H11ClFN3OS.CH4O3S/c17-11-6-8(4-5-12(11)18)9-2-1-3-13-10(9)7-14(23-13)15(22)21-16(19)20;1-5(2,3)4/h1-7H,(H4,19,20,21,22);1H3,(H,2,3,4). The quantitative estimate of drug-likeness (QED) is 0.316. The van der Waals surface area contributed by atoms with Crippen LogP contribution in [0, 0.1) is 5.82 Å². The van der Waals surface area contributed by atoms with Crippen LogP contribution < -0.4 is 11.5 Å². The van der Waals surface area contributed by atoms with E-state index in [0.29, 0.717) is 11.1 Å². The molecule has 0 saturated heterocycles. The summed E-state index contributed by atoms with van der Waals surface area (Å²) in [5.41, 5.74) is 12.1. The zero-order valence-corrected chi connectivity index (χ0v) is 16.8. The fraction of sp³-hybridized carbons (Fsp3) is 0.0588. The van der Waals surface area contributed by atoms with Crippen molar-refractivity contribution in [2.45, 2.75) is 0 Å². The zero-order valence-electron chi connectivity index (χ0n) is 14.4. The Labute approximate surface area is 169 Å². The molecule has 0 spiro atoms. The summed E-state index contributed by atoms with van der Waals surface area (Å²) >= 11 is 7.14. The van der Waals surface area contributed by atoms with E-state index in [0.717, 1.165) is 21.2 Å². The van der Waals surface area contributed by atoms with Crippen molar-refractivity contribution in [1.29, 1.82) is 0 Å². The Morgan fingerprint density at radius 2 is 1.86 bits per heavy atom. The molecule has 0 saturated carbocycles. The molecule has 0 aliphatic heterocycles. The molecular weight excluding hydrogens is 429 g/mol. The first-order valence-electron chi connectivity index (χ1n) is 7.50. The number of halogens is 2. The van der Waals surface area contributed by atoms with Gasteiger partial charge in [-0.2, -0.15) is 13.4 Å². The number of hydrogen-bond acceptors (Lipinski definition) is 4. The van der Waals surface area contributed by atoms with Crippen molar-refractivity contribution in [3.63, 3.8) is 0 Å². The van der Waals surface area contributed by atoms with E-state index in [-0.39, 0.29) is 11.0 Å². The van der Waals surface area contributed by atoms with Gasteiger partial charge in [-0.05, 0) is 35.4 Å². The highest BCUT2D eigenvalue weighted by Gasteiger charge is 2.13. The number of thiophene rings is 1. The van der Waals surface area contributed by atoms with Crippen LogP contribution in [0.2, 0.25) is 5.02 Å². The molecule has 0 fully saturated rings. The average Bonchev–Trinajstić information content (AvgIpc) is 2.99. The van der Waals surface area contributed by atoms with Gasteiger partial charge < -0.3 is 11.5 Å². The second kappa shape index (κ2) is 8.65. The molecule has 148 valence electrons. The number of hydrogen-bond donors (Lipinski definition) is 3. The molecule has 28 heavy (non-hydrogen) atoms. The first-order chi connectivity index (χ1) is 13.0. The van der Waals surface area contributed by atoms with Gasteiger partial charge in [0.2, 0.25) is 0 Å². The summed E-state index contributed by atoms with van der Waals surface area (Å²) in [5.74, 6) is -1.25. The average molecular weight is 444 g/mol. The van der Waals surface area contributed by atoms with E-state index in [1.165, 1.54) is 17.4 Å². The molecule has 3 aromatic rings. The third-order valence-corrected chi connectivity index (χ3v) is 4.61. The van der Waals surface area contributed by atoms with Crippen LogP contribution in [-0.2, 0) is 10.1 Å². The van der Waals surface area contributed by atoms with Crippen molar-refractivity contribution < 1.29 is 22.2 Å². The number of nitrogens with two attached hydrogens (primary N) is 2. The largest absolute Gasteiger partial charge is 0.370 e. The van der Waals surface area contributed by atoms with E-state index in [2.05, 4.69) is 4.99 Å². The molecule has 1 aromatic heterocycles. The van der Waals surface area contributed by atoms with Gasteiger partial charge in [0.15, 0.2) is 5.96 Å². The minimum absolute atomic E-state index is 0.0477. The third-order valence-electron chi connectivity index (χ3n) is 3.23. The van der Waals surface area contributed by atoms with Crippen molar-refractivity contribution in [3.8, 4) is 11.1 Å². The molecule has 3 rings (SSSR count). The fourth-order valence-corrected chi connectivity index (χ4v) is 3.41. The molecule has 7 nitrogen and oxygen atoms in total. The number of guanidine groups is 1.